The smallest absolute Gasteiger partial charge is 0.334 e. The van der Waals surface area contributed by atoms with Crippen LogP contribution in [-0.2, 0) is 22.7 Å². The topological polar surface area (TPSA) is 79.8 Å². The summed E-state index contributed by atoms with van der Waals surface area (Å²) in [6.45, 7) is 0.0628. The summed E-state index contributed by atoms with van der Waals surface area (Å²) in [6, 6.07) is 11.7. The number of ether oxygens (including phenoxy) is 1. The molecule has 1 aliphatic rings. The van der Waals surface area contributed by atoms with Crippen molar-refractivity contribution in [1.82, 2.24) is 14.8 Å². The summed E-state index contributed by atoms with van der Waals surface area (Å²) in [5.74, 6) is -1.21. The molecule has 1 aromatic heterocycles. The number of aromatic nitrogens is 1. The van der Waals surface area contributed by atoms with E-state index < -0.39 is 17.8 Å². The highest BCUT2D eigenvalue weighted by molar-refractivity contribution is 6.44. The maximum atomic E-state index is 12.4. The summed E-state index contributed by atoms with van der Waals surface area (Å²) < 4.78 is 4.96. The molecule has 1 fully saturated rings. The number of carbonyl (C=O) groups excluding carboxylic acids is 3. The van der Waals surface area contributed by atoms with Crippen molar-refractivity contribution in [2.45, 2.75) is 13.1 Å². The quantitative estimate of drug-likeness (QED) is 0.616. The largest absolute Gasteiger partial charge is 0.481 e. The molecule has 24 heavy (non-hydrogen) atoms. The average Bonchev–Trinajstić information content (AvgIpc) is 2.81. The van der Waals surface area contributed by atoms with Gasteiger partial charge in [0.15, 0.2) is 0 Å². The van der Waals surface area contributed by atoms with Gasteiger partial charge in [-0.25, -0.2) is 9.78 Å². The van der Waals surface area contributed by atoms with Gasteiger partial charge < -0.3 is 4.74 Å². The zero-order chi connectivity index (χ0) is 17.1. The lowest BCUT2D eigenvalue weighted by Crippen LogP contribution is -2.32. The minimum Gasteiger partial charge on any atom is -0.481 e. The Morgan fingerprint density at radius 3 is 2.04 bits per heavy atom. The highest BCUT2D eigenvalue weighted by atomic mass is 16.5. The van der Waals surface area contributed by atoms with Crippen LogP contribution >= 0.6 is 0 Å². The van der Waals surface area contributed by atoms with Crippen LogP contribution in [0.25, 0.3) is 0 Å². The van der Waals surface area contributed by atoms with Gasteiger partial charge in [-0.2, -0.15) is 0 Å². The molecule has 1 aliphatic heterocycles. The van der Waals surface area contributed by atoms with Crippen LogP contribution in [0.15, 0.2) is 48.7 Å². The zero-order valence-electron chi connectivity index (χ0n) is 13.0. The SMILES string of the molecule is COc1ccc(CN2C(=O)C(=O)N(Cc3ccccc3)C2=O)cn1. The van der Waals surface area contributed by atoms with Gasteiger partial charge >= 0.3 is 17.8 Å². The number of urea groups is 1. The molecule has 4 amide bonds. The van der Waals surface area contributed by atoms with Gasteiger partial charge in [-0.05, 0) is 11.1 Å². The molecule has 0 N–H and O–H groups in total. The Bertz CT molecular complexity index is 774. The van der Waals surface area contributed by atoms with E-state index in [1.807, 2.05) is 18.2 Å². The normalized spacial score (nSPS) is 14.5. The predicted molar refractivity (Wildman–Crippen MR) is 83.7 cm³/mol. The molecule has 0 unspecified atom stereocenters. The Morgan fingerprint density at radius 2 is 1.50 bits per heavy atom. The molecule has 3 rings (SSSR count). The summed E-state index contributed by atoms with van der Waals surface area (Å²) in [6.07, 6.45) is 1.50. The molecule has 122 valence electrons. The van der Waals surface area contributed by atoms with Crippen molar-refractivity contribution >= 4 is 17.8 Å². The number of rotatable bonds is 5. The number of benzene rings is 1. The minimum atomic E-state index is -0.827. The van der Waals surface area contributed by atoms with E-state index in [0.717, 1.165) is 15.4 Å². The van der Waals surface area contributed by atoms with Crippen molar-refractivity contribution in [3.63, 3.8) is 0 Å². The third-order valence-corrected chi connectivity index (χ3v) is 3.67. The molecule has 1 aromatic carbocycles. The first-order chi connectivity index (χ1) is 11.6. The number of pyridine rings is 1. The summed E-state index contributed by atoms with van der Waals surface area (Å²) >= 11 is 0. The van der Waals surface area contributed by atoms with Crippen molar-refractivity contribution in [3.8, 4) is 5.88 Å². The zero-order valence-corrected chi connectivity index (χ0v) is 13.0. The molecule has 0 radical (unpaired) electrons. The van der Waals surface area contributed by atoms with Crippen LogP contribution in [0.2, 0.25) is 0 Å². The molecule has 0 saturated carbocycles. The highest BCUT2D eigenvalue weighted by Gasteiger charge is 2.44. The molecule has 2 heterocycles. The summed E-state index contributed by atoms with van der Waals surface area (Å²) in [4.78, 5) is 42.5. The van der Waals surface area contributed by atoms with Crippen molar-refractivity contribution in [3.05, 3.63) is 59.8 Å². The maximum Gasteiger partial charge on any atom is 0.334 e. The average molecular weight is 325 g/mol. The Hall–Kier alpha value is -3.22. The molecule has 7 heteroatoms. The monoisotopic (exact) mass is 325 g/mol. The first kappa shape index (κ1) is 15.7. The van der Waals surface area contributed by atoms with E-state index in [9.17, 15) is 14.4 Å². The fourth-order valence-electron chi connectivity index (χ4n) is 2.40. The molecular formula is C17H15N3O4. The second-order valence-corrected chi connectivity index (χ2v) is 5.26. The van der Waals surface area contributed by atoms with Crippen LogP contribution in [0.5, 0.6) is 5.88 Å². The van der Waals surface area contributed by atoms with Gasteiger partial charge in [-0.1, -0.05) is 36.4 Å². The first-order valence-corrected chi connectivity index (χ1v) is 7.30. The third-order valence-electron chi connectivity index (χ3n) is 3.67. The fourth-order valence-corrected chi connectivity index (χ4v) is 2.40. The van der Waals surface area contributed by atoms with Crippen LogP contribution in [0, 0.1) is 0 Å². The van der Waals surface area contributed by atoms with Gasteiger partial charge in [0.25, 0.3) is 0 Å². The second-order valence-electron chi connectivity index (χ2n) is 5.26. The van der Waals surface area contributed by atoms with Crippen LogP contribution < -0.4 is 4.74 Å². The van der Waals surface area contributed by atoms with Crippen molar-refractivity contribution in [2.24, 2.45) is 0 Å². The van der Waals surface area contributed by atoms with Gasteiger partial charge in [0.2, 0.25) is 5.88 Å². The first-order valence-electron chi connectivity index (χ1n) is 7.30. The van der Waals surface area contributed by atoms with Gasteiger partial charge in [-0.3, -0.25) is 19.4 Å². The molecule has 0 aliphatic carbocycles. The van der Waals surface area contributed by atoms with Crippen molar-refractivity contribution < 1.29 is 19.1 Å². The standard InChI is InChI=1S/C17H15N3O4/c1-24-14-8-7-13(9-18-14)11-20-16(22)15(21)19(17(20)23)10-12-5-3-2-4-6-12/h2-9H,10-11H2,1H3. The number of hydrogen-bond donors (Lipinski definition) is 0. The molecule has 0 bridgehead atoms. The number of methoxy groups -OCH3 is 1. The number of imide groups is 2. The van der Waals surface area contributed by atoms with E-state index >= 15 is 0 Å². The molecular weight excluding hydrogens is 310 g/mol. The van der Waals surface area contributed by atoms with E-state index in [1.54, 1.807) is 24.3 Å². The van der Waals surface area contributed by atoms with Gasteiger partial charge in [0.05, 0.1) is 20.2 Å². The molecule has 7 nitrogen and oxygen atoms in total. The number of carbonyl (C=O) groups is 3. The third kappa shape index (κ3) is 2.96. The van der Waals surface area contributed by atoms with E-state index in [-0.39, 0.29) is 13.1 Å². The van der Waals surface area contributed by atoms with Gasteiger partial charge in [0.1, 0.15) is 0 Å². The van der Waals surface area contributed by atoms with Gasteiger partial charge in [-0.15, -0.1) is 0 Å². The van der Waals surface area contributed by atoms with E-state index in [2.05, 4.69) is 4.98 Å². The lowest BCUT2D eigenvalue weighted by molar-refractivity contribution is -0.143. The van der Waals surface area contributed by atoms with Crippen LogP contribution in [0.4, 0.5) is 4.79 Å². The van der Waals surface area contributed by atoms with Crippen LogP contribution in [-0.4, -0.2) is 39.7 Å². The summed E-state index contributed by atoms with van der Waals surface area (Å²) in [7, 11) is 1.50. The number of hydrogen-bond acceptors (Lipinski definition) is 5. The summed E-state index contributed by atoms with van der Waals surface area (Å²) in [5.41, 5.74) is 1.41. The van der Waals surface area contributed by atoms with E-state index in [1.165, 1.54) is 13.3 Å². The Kier molecular flexibility index (Phi) is 4.24. The van der Waals surface area contributed by atoms with E-state index in [4.69, 9.17) is 4.74 Å². The Balaban J connectivity index is 1.75. The van der Waals surface area contributed by atoms with E-state index in [0.29, 0.717) is 11.4 Å². The van der Waals surface area contributed by atoms with Crippen molar-refractivity contribution in [2.75, 3.05) is 7.11 Å². The molecule has 1 saturated heterocycles. The lowest BCUT2D eigenvalue weighted by atomic mass is 10.2. The predicted octanol–water partition coefficient (Wildman–Crippen LogP) is 1.58. The maximum absolute atomic E-state index is 12.4. The number of nitrogens with zero attached hydrogens (tertiary/aromatic N) is 3. The number of amides is 4. The molecule has 0 atom stereocenters. The summed E-state index contributed by atoms with van der Waals surface area (Å²) in [5, 5.41) is 0. The fraction of sp³-hybridized carbons (Fsp3) is 0.176. The molecule has 2 aromatic rings. The van der Waals surface area contributed by atoms with Crippen LogP contribution in [0.1, 0.15) is 11.1 Å². The highest BCUT2D eigenvalue weighted by Crippen LogP contribution is 2.19. The Morgan fingerprint density at radius 1 is 0.875 bits per heavy atom. The molecule has 0 spiro atoms. The van der Waals surface area contributed by atoms with Crippen molar-refractivity contribution in [1.29, 1.82) is 0 Å². The lowest BCUT2D eigenvalue weighted by Gasteiger charge is -2.15. The second kappa shape index (κ2) is 6.49. The van der Waals surface area contributed by atoms with Gasteiger partial charge in [0, 0.05) is 12.3 Å². The Labute approximate surface area is 138 Å². The minimum absolute atomic E-state index is 0.00824. The van der Waals surface area contributed by atoms with Crippen LogP contribution in [0.3, 0.4) is 0 Å².